The van der Waals surface area contributed by atoms with Gasteiger partial charge in [-0.05, 0) is 17.7 Å². The molecule has 0 aliphatic carbocycles. The predicted molar refractivity (Wildman–Crippen MR) is 67.3 cm³/mol. The van der Waals surface area contributed by atoms with Gasteiger partial charge in [0.05, 0.1) is 0 Å². The highest BCUT2D eigenvalue weighted by molar-refractivity contribution is 9.09. The molecule has 0 radical (unpaired) electrons. The van der Waals surface area contributed by atoms with Crippen molar-refractivity contribution in [3.05, 3.63) is 64.3 Å². The minimum Gasteiger partial charge on any atom is -0.329 e. The van der Waals surface area contributed by atoms with Crippen LogP contribution in [0, 0.1) is 0 Å². The van der Waals surface area contributed by atoms with Gasteiger partial charge in [0.2, 0.25) is 5.56 Å². The van der Waals surface area contributed by atoms with Crippen LogP contribution in [0.25, 0.3) is 0 Å². The topological polar surface area (TPSA) is 62.8 Å². The normalized spacial score (nSPS) is 12.1. The second-order valence-corrected chi connectivity index (χ2v) is 4.34. The zero-order valence-corrected chi connectivity index (χ0v) is 10.3. The Hall–Kier alpha value is -1.75. The van der Waals surface area contributed by atoms with E-state index in [0.717, 1.165) is 0 Å². The molecule has 17 heavy (non-hydrogen) atoms. The molecule has 0 aromatic carbocycles. The molecule has 2 aromatic heterocycles. The van der Waals surface area contributed by atoms with Crippen LogP contribution in [0.15, 0.2) is 47.5 Å². The summed E-state index contributed by atoms with van der Waals surface area (Å²) in [5, 5.41) is 0. The first kappa shape index (κ1) is 11.7. The lowest BCUT2D eigenvalue weighted by molar-refractivity contribution is 0.0986. The van der Waals surface area contributed by atoms with Gasteiger partial charge in [-0.15, -0.1) is 0 Å². The average Bonchev–Trinajstić information content (AvgIpc) is 2.39. The van der Waals surface area contributed by atoms with Crippen LogP contribution >= 0.6 is 15.9 Å². The van der Waals surface area contributed by atoms with E-state index in [9.17, 15) is 9.59 Å². The van der Waals surface area contributed by atoms with Gasteiger partial charge in [0.15, 0.2) is 5.78 Å². The Balaban J connectivity index is 2.26. The van der Waals surface area contributed by atoms with E-state index in [1.807, 2.05) is 0 Å². The number of H-pyrrole nitrogens is 1. The molecule has 2 aromatic rings. The van der Waals surface area contributed by atoms with E-state index in [-0.39, 0.29) is 11.3 Å². The number of rotatable bonds is 3. The number of hydrogen-bond donors (Lipinski definition) is 1. The second-order valence-electron chi connectivity index (χ2n) is 3.43. The Kier molecular flexibility index (Phi) is 3.49. The number of aromatic nitrogens is 2. The van der Waals surface area contributed by atoms with Gasteiger partial charge >= 0.3 is 0 Å². The van der Waals surface area contributed by atoms with Gasteiger partial charge in [0.1, 0.15) is 10.5 Å². The third-order valence-electron chi connectivity index (χ3n) is 2.25. The molecule has 0 fully saturated rings. The highest BCUT2D eigenvalue weighted by Gasteiger charge is 2.19. The Bertz CT molecular complexity index is 560. The molecule has 0 aliphatic rings. The fourth-order valence-corrected chi connectivity index (χ4v) is 1.89. The summed E-state index contributed by atoms with van der Waals surface area (Å²) >= 11 is 3.30. The summed E-state index contributed by atoms with van der Waals surface area (Å²) in [6.45, 7) is 0. The smallest absolute Gasteiger partial charge is 0.247 e. The van der Waals surface area contributed by atoms with Gasteiger partial charge in [-0.1, -0.05) is 28.1 Å². The number of carbonyl (C=O) groups excluding carboxylic acids is 1. The van der Waals surface area contributed by atoms with Crippen LogP contribution in [-0.2, 0) is 0 Å². The first-order valence-electron chi connectivity index (χ1n) is 4.96. The van der Waals surface area contributed by atoms with E-state index in [0.29, 0.717) is 11.3 Å². The van der Waals surface area contributed by atoms with Gasteiger partial charge in [-0.3, -0.25) is 14.6 Å². The zero-order valence-electron chi connectivity index (χ0n) is 8.76. The molecule has 0 spiro atoms. The van der Waals surface area contributed by atoms with E-state index in [1.54, 1.807) is 30.5 Å². The largest absolute Gasteiger partial charge is 0.329 e. The predicted octanol–water partition coefficient (Wildman–Crippen LogP) is 2.09. The molecule has 86 valence electrons. The molecule has 4 nitrogen and oxygen atoms in total. The SMILES string of the molecule is O=C(c1ccccn1)C(Br)c1ccc(=O)[nH]c1. The summed E-state index contributed by atoms with van der Waals surface area (Å²) in [7, 11) is 0. The molecule has 1 atom stereocenters. The molecule has 1 unspecified atom stereocenters. The first-order valence-corrected chi connectivity index (χ1v) is 5.88. The van der Waals surface area contributed by atoms with Crippen LogP contribution in [-0.4, -0.2) is 15.8 Å². The van der Waals surface area contributed by atoms with Gasteiger partial charge in [-0.2, -0.15) is 0 Å². The Morgan fingerprint density at radius 1 is 1.29 bits per heavy atom. The summed E-state index contributed by atoms with van der Waals surface area (Å²) in [4.78, 5) is 29.0. The molecule has 5 heteroatoms. The Morgan fingerprint density at radius 2 is 2.12 bits per heavy atom. The number of ketones is 1. The van der Waals surface area contributed by atoms with Gasteiger partial charge in [0.25, 0.3) is 0 Å². The maximum atomic E-state index is 12.0. The number of Topliss-reactive ketones (excluding diaryl/α,β-unsaturated/α-hetero) is 1. The van der Waals surface area contributed by atoms with Crippen molar-refractivity contribution in [3.63, 3.8) is 0 Å². The average molecular weight is 293 g/mol. The second kappa shape index (κ2) is 5.05. The first-order chi connectivity index (χ1) is 8.18. The molecule has 2 heterocycles. The maximum absolute atomic E-state index is 12.0. The lowest BCUT2D eigenvalue weighted by Gasteiger charge is -2.07. The van der Waals surface area contributed by atoms with Gasteiger partial charge in [0, 0.05) is 18.5 Å². The fourth-order valence-electron chi connectivity index (χ4n) is 1.37. The van der Waals surface area contributed by atoms with Gasteiger partial charge < -0.3 is 4.98 Å². The van der Waals surface area contributed by atoms with E-state index in [1.165, 1.54) is 12.3 Å². The van der Waals surface area contributed by atoms with Crippen LogP contribution in [0.4, 0.5) is 0 Å². The fraction of sp³-hybridized carbons (Fsp3) is 0.0833. The Morgan fingerprint density at radius 3 is 2.71 bits per heavy atom. The molecular weight excluding hydrogens is 284 g/mol. The molecule has 0 amide bonds. The van der Waals surface area contributed by atoms with Crippen molar-refractivity contribution in [1.82, 2.24) is 9.97 Å². The molecule has 0 bridgehead atoms. The van der Waals surface area contributed by atoms with Crippen molar-refractivity contribution in [2.24, 2.45) is 0 Å². The third kappa shape index (κ3) is 2.68. The van der Waals surface area contributed by atoms with Gasteiger partial charge in [-0.25, -0.2) is 0 Å². The number of nitrogens with zero attached hydrogens (tertiary/aromatic N) is 1. The summed E-state index contributed by atoms with van der Waals surface area (Å²) < 4.78 is 0. The van der Waals surface area contributed by atoms with Crippen molar-refractivity contribution < 1.29 is 4.79 Å². The zero-order chi connectivity index (χ0) is 12.3. The molecule has 0 aliphatic heterocycles. The maximum Gasteiger partial charge on any atom is 0.247 e. The summed E-state index contributed by atoms with van der Waals surface area (Å²) in [5.41, 5.74) is 0.888. The summed E-state index contributed by atoms with van der Waals surface area (Å²) in [5.74, 6) is -0.141. The van der Waals surface area contributed by atoms with Crippen molar-refractivity contribution >= 4 is 21.7 Å². The van der Waals surface area contributed by atoms with Crippen molar-refractivity contribution in [2.45, 2.75) is 4.83 Å². The van der Waals surface area contributed by atoms with Crippen molar-refractivity contribution in [1.29, 1.82) is 0 Å². The third-order valence-corrected chi connectivity index (χ3v) is 3.19. The number of carbonyl (C=O) groups is 1. The number of alkyl halides is 1. The van der Waals surface area contributed by atoms with Crippen LogP contribution in [0.3, 0.4) is 0 Å². The lowest BCUT2D eigenvalue weighted by atomic mass is 10.1. The van der Waals surface area contributed by atoms with Crippen LogP contribution < -0.4 is 5.56 Å². The summed E-state index contributed by atoms with van der Waals surface area (Å²) in [6.07, 6.45) is 3.09. The molecule has 0 saturated carbocycles. The quantitative estimate of drug-likeness (QED) is 0.696. The number of nitrogens with one attached hydrogen (secondary N) is 1. The molecular formula is C12H9BrN2O2. The number of aromatic amines is 1. The van der Waals surface area contributed by atoms with E-state index < -0.39 is 4.83 Å². The number of halogens is 1. The van der Waals surface area contributed by atoms with Crippen LogP contribution in [0.5, 0.6) is 0 Å². The monoisotopic (exact) mass is 292 g/mol. The Labute approximate surface area is 106 Å². The minimum absolute atomic E-state index is 0.141. The van der Waals surface area contributed by atoms with E-state index in [4.69, 9.17) is 0 Å². The molecule has 2 rings (SSSR count). The van der Waals surface area contributed by atoms with Crippen molar-refractivity contribution in [2.75, 3.05) is 0 Å². The molecule has 0 saturated heterocycles. The minimum atomic E-state index is -0.505. The molecule has 1 N–H and O–H groups in total. The summed E-state index contributed by atoms with van der Waals surface area (Å²) in [6, 6.07) is 8.16. The highest BCUT2D eigenvalue weighted by atomic mass is 79.9. The van der Waals surface area contributed by atoms with Crippen molar-refractivity contribution in [3.8, 4) is 0 Å². The lowest BCUT2D eigenvalue weighted by Crippen LogP contribution is -2.11. The van der Waals surface area contributed by atoms with Crippen LogP contribution in [0.1, 0.15) is 20.9 Å². The number of pyridine rings is 2. The van der Waals surface area contributed by atoms with Crippen LogP contribution in [0.2, 0.25) is 0 Å². The standard InChI is InChI=1S/C12H9BrN2O2/c13-11(8-4-5-10(16)15-7-8)12(17)9-3-1-2-6-14-9/h1-7,11H,(H,15,16). The number of hydrogen-bond acceptors (Lipinski definition) is 3. The highest BCUT2D eigenvalue weighted by Crippen LogP contribution is 2.24. The van der Waals surface area contributed by atoms with E-state index in [2.05, 4.69) is 25.9 Å². The van der Waals surface area contributed by atoms with E-state index >= 15 is 0 Å².